The van der Waals surface area contributed by atoms with E-state index in [1.807, 2.05) is 0 Å². The summed E-state index contributed by atoms with van der Waals surface area (Å²) in [4.78, 5) is 21.4. The molecule has 0 aromatic heterocycles. The molecule has 0 aliphatic carbocycles. The van der Waals surface area contributed by atoms with Crippen LogP contribution in [0.2, 0.25) is 0 Å². The number of amides is 1. The van der Waals surface area contributed by atoms with Crippen LogP contribution in [-0.4, -0.2) is 43.5 Å². The molecule has 1 aromatic rings. The van der Waals surface area contributed by atoms with E-state index in [1.165, 1.54) is 0 Å². The molecular weight excluding hydrogens is 258 g/mol. The van der Waals surface area contributed by atoms with Crippen LogP contribution >= 0.6 is 0 Å². The largest absolute Gasteiger partial charge is 0.507 e. The lowest BCUT2D eigenvalue weighted by Crippen LogP contribution is -2.25. The van der Waals surface area contributed by atoms with Crippen LogP contribution < -0.4 is 5.73 Å². The summed E-state index contributed by atoms with van der Waals surface area (Å²) < 4.78 is 0. The van der Waals surface area contributed by atoms with Crippen molar-refractivity contribution < 1.29 is 35.1 Å². The predicted octanol–water partition coefficient (Wildman–Crippen LogP) is -0.934. The Morgan fingerprint density at radius 3 is 2.21 bits per heavy atom. The number of carbonyl (C=O) groups excluding carboxylic acids is 1. The average Bonchev–Trinajstić information content (AvgIpc) is 2.26. The van der Waals surface area contributed by atoms with E-state index in [0.717, 1.165) is 12.1 Å². The number of aromatic hydroxyl groups is 2. The molecule has 0 heterocycles. The summed E-state index contributed by atoms with van der Waals surface area (Å²) in [6, 6.07) is 1.53. The zero-order chi connectivity index (χ0) is 14.7. The smallest absolute Gasteiger partial charge is 0.339 e. The summed E-state index contributed by atoms with van der Waals surface area (Å²) in [6.07, 6.45) is -3.88. The van der Waals surface area contributed by atoms with Crippen LogP contribution in [0.15, 0.2) is 12.1 Å². The van der Waals surface area contributed by atoms with Gasteiger partial charge in [-0.15, -0.1) is 0 Å². The molecule has 0 saturated carbocycles. The van der Waals surface area contributed by atoms with Crippen LogP contribution in [0.5, 0.6) is 11.5 Å². The number of nitrogens with two attached hydrogens (primary N) is 1. The minimum Gasteiger partial charge on any atom is -0.507 e. The molecule has 1 aromatic carbocycles. The van der Waals surface area contributed by atoms with Crippen molar-refractivity contribution in [2.75, 3.05) is 0 Å². The zero-order valence-electron chi connectivity index (χ0n) is 9.65. The Bertz CT molecular complexity index is 514. The first-order chi connectivity index (χ1) is 8.73. The minimum atomic E-state index is -1.72. The molecule has 0 spiro atoms. The molecule has 0 fully saturated rings. The van der Waals surface area contributed by atoms with E-state index in [9.17, 15) is 30.0 Å². The summed E-state index contributed by atoms with van der Waals surface area (Å²) in [5.41, 5.74) is 3.96. The number of benzene rings is 1. The number of primary amides is 1. The highest BCUT2D eigenvalue weighted by Crippen LogP contribution is 2.33. The van der Waals surface area contributed by atoms with Crippen molar-refractivity contribution in [1.29, 1.82) is 0 Å². The van der Waals surface area contributed by atoms with Crippen molar-refractivity contribution in [3.63, 3.8) is 0 Å². The molecule has 0 aliphatic rings. The number of phenols is 2. The number of aromatic carboxylic acids is 1. The van der Waals surface area contributed by atoms with E-state index in [1.54, 1.807) is 0 Å². The van der Waals surface area contributed by atoms with Crippen LogP contribution in [0.1, 0.15) is 28.4 Å². The lowest BCUT2D eigenvalue weighted by molar-refractivity contribution is -0.121. The highest BCUT2D eigenvalue weighted by atomic mass is 16.4. The van der Waals surface area contributed by atoms with Crippen molar-refractivity contribution in [1.82, 2.24) is 0 Å². The van der Waals surface area contributed by atoms with Gasteiger partial charge in [0.05, 0.1) is 12.5 Å². The van der Waals surface area contributed by atoms with Gasteiger partial charge < -0.3 is 31.3 Å². The normalized spacial score (nSPS) is 13.8. The first-order valence-electron chi connectivity index (χ1n) is 5.17. The number of aliphatic hydroxyl groups is 2. The molecule has 1 rings (SSSR count). The Kier molecular flexibility index (Phi) is 4.30. The van der Waals surface area contributed by atoms with Crippen LogP contribution in [0.25, 0.3) is 0 Å². The van der Waals surface area contributed by atoms with E-state index in [2.05, 4.69) is 0 Å². The van der Waals surface area contributed by atoms with Gasteiger partial charge >= 0.3 is 5.97 Å². The molecule has 2 unspecified atom stereocenters. The van der Waals surface area contributed by atoms with E-state index in [4.69, 9.17) is 10.8 Å². The summed E-state index contributed by atoms with van der Waals surface area (Å²) in [7, 11) is 0. The predicted molar refractivity (Wildman–Crippen MR) is 61.5 cm³/mol. The van der Waals surface area contributed by atoms with Gasteiger partial charge in [-0.25, -0.2) is 4.79 Å². The maximum atomic E-state index is 10.8. The van der Waals surface area contributed by atoms with Crippen LogP contribution in [-0.2, 0) is 4.79 Å². The Labute approximate surface area is 107 Å². The molecule has 8 nitrogen and oxygen atoms in total. The second-order valence-corrected chi connectivity index (χ2v) is 3.92. The highest BCUT2D eigenvalue weighted by Gasteiger charge is 2.25. The lowest BCUT2D eigenvalue weighted by atomic mass is 9.98. The average molecular weight is 271 g/mol. The van der Waals surface area contributed by atoms with Gasteiger partial charge in [0, 0.05) is 11.6 Å². The number of rotatable bonds is 5. The van der Waals surface area contributed by atoms with Crippen LogP contribution in [0.4, 0.5) is 0 Å². The van der Waals surface area contributed by atoms with Gasteiger partial charge in [-0.3, -0.25) is 4.79 Å². The molecule has 0 radical (unpaired) electrons. The molecule has 0 saturated heterocycles. The standard InChI is InChI=1S/C11H13NO7/c12-9(16)3-8(15)10(17)4-1-5(11(18)19)7(14)2-6(4)13/h1-2,8,10,13-15,17H,3H2,(H2,12,16)(H,18,19). The Hall–Kier alpha value is -2.32. The minimum absolute atomic E-state index is 0.330. The lowest BCUT2D eigenvalue weighted by Gasteiger charge is -2.18. The second-order valence-electron chi connectivity index (χ2n) is 3.92. The Balaban J connectivity index is 3.15. The van der Waals surface area contributed by atoms with Crippen molar-refractivity contribution in [2.24, 2.45) is 5.73 Å². The fourth-order valence-electron chi connectivity index (χ4n) is 1.53. The molecule has 104 valence electrons. The summed E-state index contributed by atoms with van der Waals surface area (Å²) >= 11 is 0. The number of carbonyl (C=O) groups is 2. The molecule has 7 N–H and O–H groups in total. The second kappa shape index (κ2) is 5.55. The van der Waals surface area contributed by atoms with Gasteiger partial charge in [0.2, 0.25) is 5.91 Å². The van der Waals surface area contributed by atoms with E-state index >= 15 is 0 Å². The number of hydrogen-bond acceptors (Lipinski definition) is 6. The molecule has 8 heteroatoms. The Morgan fingerprint density at radius 1 is 1.16 bits per heavy atom. The topological polar surface area (TPSA) is 161 Å². The van der Waals surface area contributed by atoms with Gasteiger partial charge in [-0.2, -0.15) is 0 Å². The van der Waals surface area contributed by atoms with Crippen molar-refractivity contribution in [2.45, 2.75) is 18.6 Å². The maximum absolute atomic E-state index is 10.8. The third-order valence-electron chi connectivity index (χ3n) is 2.47. The third kappa shape index (κ3) is 3.33. The fraction of sp³-hybridized carbons (Fsp3) is 0.273. The molecule has 2 atom stereocenters. The highest BCUT2D eigenvalue weighted by molar-refractivity contribution is 5.91. The Morgan fingerprint density at radius 2 is 1.74 bits per heavy atom. The third-order valence-corrected chi connectivity index (χ3v) is 2.47. The van der Waals surface area contributed by atoms with E-state index in [0.29, 0.717) is 0 Å². The molecule has 0 aliphatic heterocycles. The number of hydrogen-bond donors (Lipinski definition) is 6. The maximum Gasteiger partial charge on any atom is 0.339 e. The van der Waals surface area contributed by atoms with Crippen molar-refractivity contribution in [3.8, 4) is 11.5 Å². The molecule has 19 heavy (non-hydrogen) atoms. The van der Waals surface area contributed by atoms with Crippen molar-refractivity contribution in [3.05, 3.63) is 23.3 Å². The van der Waals surface area contributed by atoms with Gasteiger partial charge in [0.1, 0.15) is 23.2 Å². The quantitative estimate of drug-likeness (QED) is 0.403. The zero-order valence-corrected chi connectivity index (χ0v) is 9.65. The van der Waals surface area contributed by atoms with E-state index in [-0.39, 0.29) is 5.56 Å². The first kappa shape index (κ1) is 14.7. The van der Waals surface area contributed by atoms with Gasteiger partial charge in [-0.05, 0) is 6.07 Å². The molecular formula is C11H13NO7. The van der Waals surface area contributed by atoms with Gasteiger partial charge in [0.25, 0.3) is 0 Å². The van der Waals surface area contributed by atoms with Crippen molar-refractivity contribution >= 4 is 11.9 Å². The van der Waals surface area contributed by atoms with Gasteiger partial charge in [-0.1, -0.05) is 0 Å². The van der Waals surface area contributed by atoms with Crippen LogP contribution in [0, 0.1) is 0 Å². The van der Waals surface area contributed by atoms with Crippen LogP contribution in [0.3, 0.4) is 0 Å². The van der Waals surface area contributed by atoms with E-state index < -0.39 is 47.6 Å². The van der Waals surface area contributed by atoms with Gasteiger partial charge in [0.15, 0.2) is 0 Å². The first-order valence-corrected chi connectivity index (χ1v) is 5.17. The molecule has 0 bridgehead atoms. The number of carboxylic acid groups (broad SMARTS) is 1. The number of phenolic OH excluding ortho intramolecular Hbond substituents is 1. The number of carboxylic acids is 1. The fourth-order valence-corrected chi connectivity index (χ4v) is 1.53. The number of aliphatic hydroxyl groups excluding tert-OH is 2. The SMILES string of the molecule is NC(=O)CC(O)C(O)c1cc(C(=O)O)c(O)cc1O. The summed E-state index contributed by atoms with van der Waals surface area (Å²) in [6.45, 7) is 0. The summed E-state index contributed by atoms with van der Waals surface area (Å²) in [5, 5.41) is 46.8. The summed E-state index contributed by atoms with van der Waals surface area (Å²) in [5.74, 6) is -3.65. The monoisotopic (exact) mass is 271 g/mol. The molecule has 1 amide bonds.